The summed E-state index contributed by atoms with van der Waals surface area (Å²) in [5, 5.41) is 17.2. The van der Waals surface area contributed by atoms with E-state index >= 15 is 0 Å². The predicted octanol–water partition coefficient (Wildman–Crippen LogP) is 2.81. The summed E-state index contributed by atoms with van der Waals surface area (Å²) in [5.74, 6) is 1.27. The molecule has 0 aliphatic heterocycles. The highest BCUT2D eigenvalue weighted by Gasteiger charge is 2.02. The molecule has 0 aliphatic rings. The first-order valence-corrected chi connectivity index (χ1v) is 6.38. The van der Waals surface area contributed by atoms with Gasteiger partial charge < -0.3 is 9.31 Å². The number of rotatable bonds is 6. The fraction of sp³-hybridized carbons (Fsp3) is 0.125. The van der Waals surface area contributed by atoms with Gasteiger partial charge in [0.05, 0.1) is 25.0 Å². The Morgan fingerprint density at radius 3 is 1.43 bits per heavy atom. The third kappa shape index (κ3) is 4.60. The lowest BCUT2D eigenvalue weighted by Gasteiger charge is -2.07. The van der Waals surface area contributed by atoms with E-state index < -0.39 is 0 Å². The second kappa shape index (κ2) is 7.62. The molecule has 2 aromatic carbocycles. The molecule has 4 nitrogen and oxygen atoms in total. The van der Waals surface area contributed by atoms with Gasteiger partial charge in [-0.25, -0.2) is 0 Å². The lowest BCUT2D eigenvalue weighted by atomic mass is 10.1. The third-order valence-electron chi connectivity index (χ3n) is 2.78. The second-order valence-electron chi connectivity index (χ2n) is 4.29. The van der Waals surface area contributed by atoms with Gasteiger partial charge in [-0.3, -0.25) is 0 Å². The van der Waals surface area contributed by atoms with Crippen LogP contribution >= 0.6 is 0 Å². The maximum Gasteiger partial charge on any atom is 0.658 e. The first-order valence-electron chi connectivity index (χ1n) is 6.38. The minimum atomic E-state index is 0.384. The average Bonchev–Trinajstić information content (AvgIpc) is 2.51. The summed E-state index contributed by atoms with van der Waals surface area (Å²) in [6, 6.07) is 18.6. The summed E-state index contributed by atoms with van der Waals surface area (Å²) in [7, 11) is 1.25. The molecule has 1 radical (unpaired) electrons. The van der Waals surface area contributed by atoms with Crippen LogP contribution in [0.3, 0.4) is 0 Å². The highest BCUT2D eigenvalue weighted by molar-refractivity contribution is 6.20. The van der Waals surface area contributed by atoms with E-state index in [1.807, 2.05) is 24.3 Å². The Hall–Kier alpha value is -2.92. The summed E-state index contributed by atoms with van der Waals surface area (Å²) in [4.78, 5) is 0. The number of nitrogens with zero attached hydrogens (tertiary/aromatic N) is 2. The summed E-state index contributed by atoms with van der Waals surface area (Å²) in [6.45, 7) is 0. The molecule has 0 heterocycles. The molecular weight excluding hydrogens is 263 g/mol. The molecule has 0 atom stereocenters. The van der Waals surface area contributed by atoms with Gasteiger partial charge in [-0.1, -0.05) is 24.3 Å². The molecule has 101 valence electrons. The SMILES string of the molecule is N#CCc1ccc(O[B]Oc2ccc(CC#N)cc2)cc1. The maximum atomic E-state index is 8.58. The van der Waals surface area contributed by atoms with E-state index in [2.05, 4.69) is 12.1 Å². The van der Waals surface area contributed by atoms with Gasteiger partial charge in [0.1, 0.15) is 11.5 Å². The van der Waals surface area contributed by atoms with Crippen molar-refractivity contribution in [3.63, 3.8) is 0 Å². The largest absolute Gasteiger partial charge is 0.658 e. The lowest BCUT2D eigenvalue weighted by Crippen LogP contribution is -2.10. The smallest absolute Gasteiger partial charge is 0.526 e. The quantitative estimate of drug-likeness (QED) is 0.760. The van der Waals surface area contributed by atoms with E-state index in [1.54, 1.807) is 24.3 Å². The first kappa shape index (κ1) is 14.5. The van der Waals surface area contributed by atoms with Gasteiger partial charge in [-0.15, -0.1) is 0 Å². The van der Waals surface area contributed by atoms with E-state index in [-0.39, 0.29) is 0 Å². The van der Waals surface area contributed by atoms with Crippen molar-refractivity contribution >= 4 is 7.69 Å². The molecule has 0 aliphatic carbocycles. The highest BCUT2D eigenvalue weighted by atomic mass is 16.6. The molecule has 0 unspecified atom stereocenters. The van der Waals surface area contributed by atoms with Gasteiger partial charge in [0, 0.05) is 0 Å². The van der Waals surface area contributed by atoms with Gasteiger partial charge >= 0.3 is 7.69 Å². The average molecular weight is 275 g/mol. The molecule has 0 spiro atoms. The van der Waals surface area contributed by atoms with Crippen molar-refractivity contribution in [1.29, 1.82) is 10.5 Å². The number of nitriles is 2. The standard InChI is InChI=1S/C16H12BN2O2/c18-11-9-13-1-5-15(6-2-13)20-17-21-16-7-3-14(4-8-16)10-12-19/h1-8H,9-10H2. The zero-order chi connectivity index (χ0) is 14.9. The Morgan fingerprint density at radius 2 is 1.10 bits per heavy atom. The van der Waals surface area contributed by atoms with Crippen LogP contribution in [-0.2, 0) is 12.8 Å². The molecular formula is C16H12BN2O2. The lowest BCUT2D eigenvalue weighted by molar-refractivity contribution is 0.459. The highest BCUT2D eigenvalue weighted by Crippen LogP contribution is 2.14. The fourth-order valence-electron chi connectivity index (χ4n) is 1.69. The van der Waals surface area contributed by atoms with Gasteiger partial charge in [-0.2, -0.15) is 10.5 Å². The number of benzene rings is 2. The minimum Gasteiger partial charge on any atom is -0.526 e. The summed E-state index contributed by atoms with van der Waals surface area (Å²) in [5.41, 5.74) is 1.89. The van der Waals surface area contributed by atoms with Gasteiger partial charge in [0.2, 0.25) is 0 Å². The molecule has 0 fully saturated rings. The molecule has 0 bridgehead atoms. The van der Waals surface area contributed by atoms with E-state index in [1.165, 1.54) is 7.69 Å². The molecule has 0 saturated heterocycles. The molecule has 5 heteroatoms. The van der Waals surface area contributed by atoms with Crippen LogP contribution in [0.4, 0.5) is 0 Å². The van der Waals surface area contributed by atoms with Crippen LogP contribution in [0.15, 0.2) is 48.5 Å². The Kier molecular flexibility index (Phi) is 5.26. The molecule has 0 N–H and O–H groups in total. The molecule has 2 aromatic rings. The third-order valence-corrected chi connectivity index (χ3v) is 2.78. The number of hydrogen-bond acceptors (Lipinski definition) is 4. The minimum absolute atomic E-state index is 0.384. The van der Waals surface area contributed by atoms with Crippen LogP contribution in [0.1, 0.15) is 11.1 Å². The normalized spacial score (nSPS) is 9.24. The Bertz CT molecular complexity index is 595. The van der Waals surface area contributed by atoms with E-state index in [4.69, 9.17) is 19.8 Å². The first-order chi connectivity index (χ1) is 10.3. The summed E-state index contributed by atoms with van der Waals surface area (Å²) >= 11 is 0. The van der Waals surface area contributed by atoms with Crippen molar-refractivity contribution in [2.24, 2.45) is 0 Å². The fourth-order valence-corrected chi connectivity index (χ4v) is 1.69. The topological polar surface area (TPSA) is 66.0 Å². The number of hydrogen-bond donors (Lipinski definition) is 0. The summed E-state index contributed by atoms with van der Waals surface area (Å²) < 4.78 is 10.7. The van der Waals surface area contributed by atoms with Crippen molar-refractivity contribution in [2.75, 3.05) is 0 Å². The molecule has 0 saturated carbocycles. The van der Waals surface area contributed by atoms with E-state index in [0.717, 1.165) is 11.1 Å². The van der Waals surface area contributed by atoms with Gasteiger partial charge in [-0.05, 0) is 35.4 Å². The van der Waals surface area contributed by atoms with Crippen molar-refractivity contribution in [3.05, 3.63) is 59.7 Å². The monoisotopic (exact) mass is 275 g/mol. The summed E-state index contributed by atoms with van der Waals surface area (Å²) in [6.07, 6.45) is 0.769. The second-order valence-corrected chi connectivity index (χ2v) is 4.29. The van der Waals surface area contributed by atoms with Crippen molar-refractivity contribution in [3.8, 4) is 23.6 Å². The van der Waals surface area contributed by atoms with Crippen LogP contribution in [-0.4, -0.2) is 7.69 Å². The van der Waals surface area contributed by atoms with Crippen LogP contribution in [0, 0.1) is 22.7 Å². The maximum absolute atomic E-state index is 8.58. The van der Waals surface area contributed by atoms with Crippen LogP contribution in [0.2, 0.25) is 0 Å². The van der Waals surface area contributed by atoms with Crippen LogP contribution in [0.25, 0.3) is 0 Å². The van der Waals surface area contributed by atoms with Gasteiger partial charge in [0.15, 0.2) is 0 Å². The molecule has 21 heavy (non-hydrogen) atoms. The molecule has 2 rings (SSSR count). The van der Waals surface area contributed by atoms with Crippen molar-refractivity contribution in [2.45, 2.75) is 12.8 Å². The van der Waals surface area contributed by atoms with Crippen LogP contribution in [0.5, 0.6) is 11.5 Å². The zero-order valence-corrected chi connectivity index (χ0v) is 11.3. The van der Waals surface area contributed by atoms with Crippen LogP contribution < -0.4 is 9.31 Å². The molecule has 0 aromatic heterocycles. The molecule has 0 amide bonds. The van der Waals surface area contributed by atoms with E-state index in [0.29, 0.717) is 24.3 Å². The van der Waals surface area contributed by atoms with Crippen molar-refractivity contribution < 1.29 is 9.31 Å². The predicted molar refractivity (Wildman–Crippen MR) is 78.5 cm³/mol. The van der Waals surface area contributed by atoms with Gasteiger partial charge in [0.25, 0.3) is 0 Å². The van der Waals surface area contributed by atoms with E-state index in [9.17, 15) is 0 Å². The zero-order valence-electron chi connectivity index (χ0n) is 11.3. The Morgan fingerprint density at radius 1 is 0.714 bits per heavy atom. The Balaban J connectivity index is 1.81. The Labute approximate surface area is 124 Å². The van der Waals surface area contributed by atoms with Crippen molar-refractivity contribution in [1.82, 2.24) is 0 Å².